The normalized spacial score (nSPS) is 19.0. The van der Waals surface area contributed by atoms with Crippen LogP contribution in [0.1, 0.15) is 79.1 Å². The zero-order valence-electron chi connectivity index (χ0n) is 23.0. The molecular weight excluding hydrogens is 500 g/mol. The molecule has 0 aliphatic heterocycles. The van der Waals surface area contributed by atoms with Crippen molar-refractivity contribution in [1.29, 1.82) is 0 Å². The SMILES string of the molecule is COC(=O)c1c(C(=O)OC)c2c3c(c1-c1ccccc1)CCC[C@H]3[C@H](c1ccccc1)[C@H]2c1ccc(OC)cc1. The molecule has 4 aromatic carbocycles. The van der Waals surface area contributed by atoms with Gasteiger partial charge >= 0.3 is 11.9 Å². The highest BCUT2D eigenvalue weighted by Gasteiger charge is 2.49. The second kappa shape index (κ2) is 10.6. The molecule has 2 aliphatic carbocycles. The lowest BCUT2D eigenvalue weighted by Gasteiger charge is -2.30. The van der Waals surface area contributed by atoms with Crippen LogP contribution in [0.2, 0.25) is 0 Å². The summed E-state index contributed by atoms with van der Waals surface area (Å²) in [4.78, 5) is 27.4. The highest BCUT2D eigenvalue weighted by atomic mass is 16.5. The molecule has 0 saturated carbocycles. The molecule has 0 aromatic heterocycles. The quantitative estimate of drug-likeness (QED) is 0.244. The summed E-state index contributed by atoms with van der Waals surface area (Å²) in [6.45, 7) is 0. The maximum absolute atomic E-state index is 13.8. The molecule has 0 heterocycles. The Kier molecular flexibility index (Phi) is 6.89. The molecule has 0 radical (unpaired) electrons. The predicted octanol–water partition coefficient (Wildman–Crippen LogP) is 7.28. The monoisotopic (exact) mass is 532 g/mol. The molecule has 4 aromatic rings. The Morgan fingerprint density at radius 1 is 0.700 bits per heavy atom. The molecule has 0 spiro atoms. The molecule has 5 heteroatoms. The molecule has 3 atom stereocenters. The summed E-state index contributed by atoms with van der Waals surface area (Å²) < 4.78 is 16.2. The van der Waals surface area contributed by atoms with Gasteiger partial charge in [-0.15, -0.1) is 0 Å². The van der Waals surface area contributed by atoms with Crippen LogP contribution in [0.5, 0.6) is 5.75 Å². The van der Waals surface area contributed by atoms with Crippen LogP contribution in [0.3, 0.4) is 0 Å². The third-order valence-electron chi connectivity index (χ3n) is 8.60. The minimum absolute atomic E-state index is 0.0866. The lowest BCUT2D eigenvalue weighted by Crippen LogP contribution is -2.21. The number of carbonyl (C=O) groups excluding carboxylic acids is 2. The lowest BCUT2D eigenvalue weighted by atomic mass is 9.73. The Bertz CT molecular complexity index is 1560. The highest BCUT2D eigenvalue weighted by Crippen LogP contribution is 2.62. The van der Waals surface area contributed by atoms with Gasteiger partial charge in [0.1, 0.15) is 5.75 Å². The van der Waals surface area contributed by atoms with Gasteiger partial charge in [-0.25, -0.2) is 9.59 Å². The number of ether oxygens (including phenoxy) is 3. The number of hydrogen-bond acceptors (Lipinski definition) is 5. The van der Waals surface area contributed by atoms with Gasteiger partial charge in [0, 0.05) is 17.4 Å². The minimum Gasteiger partial charge on any atom is -0.497 e. The second-order valence-corrected chi connectivity index (χ2v) is 10.5. The smallest absolute Gasteiger partial charge is 0.339 e. The third kappa shape index (κ3) is 4.08. The molecule has 0 fully saturated rings. The molecule has 0 N–H and O–H groups in total. The van der Waals surface area contributed by atoms with Crippen LogP contribution in [-0.2, 0) is 15.9 Å². The summed E-state index contributed by atoms with van der Waals surface area (Å²) >= 11 is 0. The number of rotatable bonds is 6. The zero-order chi connectivity index (χ0) is 27.8. The summed E-state index contributed by atoms with van der Waals surface area (Å²) in [7, 11) is 4.40. The molecule has 6 rings (SSSR count). The molecule has 0 amide bonds. The van der Waals surface area contributed by atoms with Crippen molar-refractivity contribution in [3.05, 3.63) is 124 Å². The first-order valence-electron chi connectivity index (χ1n) is 13.7. The Balaban J connectivity index is 1.76. The number of benzene rings is 4. The van der Waals surface area contributed by atoms with Crippen LogP contribution in [-0.4, -0.2) is 33.3 Å². The van der Waals surface area contributed by atoms with Gasteiger partial charge in [0.05, 0.1) is 32.5 Å². The third-order valence-corrected chi connectivity index (χ3v) is 8.60. The van der Waals surface area contributed by atoms with E-state index < -0.39 is 11.9 Å². The van der Waals surface area contributed by atoms with Gasteiger partial charge in [-0.05, 0) is 70.7 Å². The van der Waals surface area contributed by atoms with Crippen molar-refractivity contribution in [1.82, 2.24) is 0 Å². The molecule has 202 valence electrons. The molecule has 2 aliphatic rings. The summed E-state index contributed by atoms with van der Waals surface area (Å²) in [5, 5.41) is 0. The van der Waals surface area contributed by atoms with Gasteiger partial charge in [-0.3, -0.25) is 0 Å². The molecule has 0 bridgehead atoms. The van der Waals surface area contributed by atoms with Crippen molar-refractivity contribution in [2.75, 3.05) is 21.3 Å². The van der Waals surface area contributed by atoms with E-state index in [-0.39, 0.29) is 17.8 Å². The van der Waals surface area contributed by atoms with E-state index in [1.54, 1.807) is 7.11 Å². The van der Waals surface area contributed by atoms with E-state index in [2.05, 4.69) is 36.4 Å². The van der Waals surface area contributed by atoms with E-state index in [9.17, 15) is 9.59 Å². The van der Waals surface area contributed by atoms with Crippen LogP contribution < -0.4 is 4.74 Å². The fraction of sp³-hybridized carbons (Fsp3) is 0.257. The van der Waals surface area contributed by atoms with E-state index in [0.29, 0.717) is 11.1 Å². The molecule has 5 nitrogen and oxygen atoms in total. The molecular formula is C35H32O5. The van der Waals surface area contributed by atoms with E-state index in [1.807, 2.05) is 48.5 Å². The van der Waals surface area contributed by atoms with Crippen LogP contribution in [0, 0.1) is 0 Å². The predicted molar refractivity (Wildman–Crippen MR) is 154 cm³/mol. The highest BCUT2D eigenvalue weighted by molar-refractivity contribution is 6.10. The van der Waals surface area contributed by atoms with Crippen LogP contribution in [0.15, 0.2) is 84.9 Å². The number of hydrogen-bond donors (Lipinski definition) is 0. The van der Waals surface area contributed by atoms with Gasteiger partial charge in [-0.1, -0.05) is 72.8 Å². The van der Waals surface area contributed by atoms with Gasteiger partial charge in [-0.2, -0.15) is 0 Å². The number of methoxy groups -OCH3 is 3. The van der Waals surface area contributed by atoms with E-state index >= 15 is 0 Å². The average molecular weight is 533 g/mol. The van der Waals surface area contributed by atoms with E-state index in [0.717, 1.165) is 52.8 Å². The van der Waals surface area contributed by atoms with Crippen molar-refractivity contribution in [3.8, 4) is 16.9 Å². The first-order valence-corrected chi connectivity index (χ1v) is 13.7. The summed E-state index contributed by atoms with van der Waals surface area (Å²) in [5.74, 6) is -0.173. The fourth-order valence-corrected chi connectivity index (χ4v) is 7.09. The Morgan fingerprint density at radius 2 is 1.32 bits per heavy atom. The first-order chi connectivity index (χ1) is 19.6. The zero-order valence-corrected chi connectivity index (χ0v) is 23.0. The lowest BCUT2D eigenvalue weighted by molar-refractivity contribution is 0.0554. The Morgan fingerprint density at radius 3 is 1.95 bits per heavy atom. The average Bonchev–Trinajstić information content (AvgIpc) is 3.37. The number of esters is 2. The molecule has 40 heavy (non-hydrogen) atoms. The minimum atomic E-state index is -0.530. The van der Waals surface area contributed by atoms with Crippen molar-refractivity contribution < 1.29 is 23.8 Å². The molecule has 0 saturated heterocycles. The van der Waals surface area contributed by atoms with Crippen molar-refractivity contribution in [2.45, 2.75) is 37.0 Å². The first kappa shape index (κ1) is 25.9. The van der Waals surface area contributed by atoms with Crippen LogP contribution >= 0.6 is 0 Å². The van der Waals surface area contributed by atoms with Gasteiger partial charge in [0.15, 0.2) is 0 Å². The van der Waals surface area contributed by atoms with Gasteiger partial charge < -0.3 is 14.2 Å². The Hall–Kier alpha value is -4.38. The maximum atomic E-state index is 13.8. The standard InChI is InChI=1S/C35H32O5/c1-38-24-19-17-23(18-20-24)29-27(21-11-6-4-7-12-21)25-15-10-16-26-28(22-13-8-5-9-14-22)32(34(36)39-2)33(35(37)40-3)31(29)30(25)26/h4-9,11-14,17-20,25,27,29H,10,15-16H2,1-3H3/t25-,27-,29+/m0/s1. The van der Waals surface area contributed by atoms with Crippen molar-refractivity contribution in [2.24, 2.45) is 0 Å². The maximum Gasteiger partial charge on any atom is 0.339 e. The summed E-state index contributed by atoms with van der Waals surface area (Å²) in [6, 6.07) is 28.5. The topological polar surface area (TPSA) is 61.8 Å². The van der Waals surface area contributed by atoms with Gasteiger partial charge in [0.2, 0.25) is 0 Å². The Labute approximate surface area is 234 Å². The van der Waals surface area contributed by atoms with E-state index in [4.69, 9.17) is 14.2 Å². The van der Waals surface area contributed by atoms with Gasteiger partial charge in [0.25, 0.3) is 0 Å². The van der Waals surface area contributed by atoms with Crippen LogP contribution in [0.4, 0.5) is 0 Å². The largest absolute Gasteiger partial charge is 0.497 e. The number of carbonyl (C=O) groups is 2. The fourth-order valence-electron chi connectivity index (χ4n) is 7.09. The molecule has 0 unspecified atom stereocenters. The van der Waals surface area contributed by atoms with Crippen molar-refractivity contribution >= 4 is 11.9 Å². The summed E-state index contributed by atoms with van der Waals surface area (Å²) in [5.41, 5.74) is 7.81. The summed E-state index contributed by atoms with van der Waals surface area (Å²) in [6.07, 6.45) is 2.82. The van der Waals surface area contributed by atoms with Crippen LogP contribution in [0.25, 0.3) is 11.1 Å². The van der Waals surface area contributed by atoms with E-state index in [1.165, 1.54) is 25.3 Å². The second-order valence-electron chi connectivity index (χ2n) is 10.5. The van der Waals surface area contributed by atoms with Crippen molar-refractivity contribution in [3.63, 3.8) is 0 Å².